The van der Waals surface area contributed by atoms with Crippen LogP contribution in [0, 0.1) is 5.92 Å². The number of ether oxygens (including phenoxy) is 2. The number of hydrogen-bond donors (Lipinski definition) is 1. The minimum atomic E-state index is -0.0842. The van der Waals surface area contributed by atoms with Gasteiger partial charge in [-0.25, -0.2) is 4.98 Å². The summed E-state index contributed by atoms with van der Waals surface area (Å²) < 4.78 is 10.5. The van der Waals surface area contributed by atoms with Gasteiger partial charge in [0.25, 0.3) is 0 Å². The number of methoxy groups -OCH3 is 2. The van der Waals surface area contributed by atoms with Crippen molar-refractivity contribution < 1.29 is 19.1 Å². The van der Waals surface area contributed by atoms with Crippen LogP contribution in [0.2, 0.25) is 0 Å². The molecule has 144 valence electrons. The topological polar surface area (TPSA) is 80.8 Å². The van der Waals surface area contributed by atoms with E-state index in [-0.39, 0.29) is 17.7 Å². The molecule has 0 aliphatic carbocycles. The Kier molecular flexibility index (Phi) is 6.28. The Balaban J connectivity index is 1.52. The van der Waals surface area contributed by atoms with E-state index in [0.29, 0.717) is 49.0 Å². The molecule has 2 aromatic rings. The van der Waals surface area contributed by atoms with Crippen LogP contribution in [0.15, 0.2) is 29.8 Å². The fraction of sp³-hybridized carbons (Fsp3) is 0.421. The summed E-state index contributed by atoms with van der Waals surface area (Å²) >= 11 is 1.40. The number of nitrogens with zero attached hydrogens (tertiary/aromatic N) is 2. The molecule has 1 aliphatic rings. The highest BCUT2D eigenvalue weighted by atomic mass is 32.1. The van der Waals surface area contributed by atoms with Gasteiger partial charge in [0, 0.05) is 30.6 Å². The Hall–Kier alpha value is -2.61. The lowest BCUT2D eigenvalue weighted by Crippen LogP contribution is -2.42. The van der Waals surface area contributed by atoms with Gasteiger partial charge >= 0.3 is 0 Å². The lowest BCUT2D eigenvalue weighted by molar-refractivity contribution is -0.133. The number of aromatic nitrogens is 1. The van der Waals surface area contributed by atoms with Gasteiger partial charge in [0.15, 0.2) is 16.6 Å². The quantitative estimate of drug-likeness (QED) is 0.821. The van der Waals surface area contributed by atoms with Gasteiger partial charge < -0.3 is 19.7 Å². The third-order valence-corrected chi connectivity index (χ3v) is 5.37. The smallest absolute Gasteiger partial charge is 0.229 e. The van der Waals surface area contributed by atoms with Gasteiger partial charge in [0.1, 0.15) is 0 Å². The summed E-state index contributed by atoms with van der Waals surface area (Å²) in [4.78, 5) is 30.8. The van der Waals surface area contributed by atoms with E-state index in [0.717, 1.165) is 5.56 Å². The number of likely N-dealkylation sites (tertiary alicyclic amines) is 1. The zero-order valence-corrected chi connectivity index (χ0v) is 16.3. The highest BCUT2D eigenvalue weighted by Gasteiger charge is 2.27. The highest BCUT2D eigenvalue weighted by Crippen LogP contribution is 2.28. The van der Waals surface area contributed by atoms with E-state index < -0.39 is 0 Å². The maximum absolute atomic E-state index is 12.6. The first-order valence-electron chi connectivity index (χ1n) is 8.79. The lowest BCUT2D eigenvalue weighted by atomic mass is 9.95. The van der Waals surface area contributed by atoms with E-state index in [9.17, 15) is 9.59 Å². The summed E-state index contributed by atoms with van der Waals surface area (Å²) in [7, 11) is 3.16. The van der Waals surface area contributed by atoms with Gasteiger partial charge in [-0.3, -0.25) is 9.59 Å². The molecule has 0 atom stereocenters. The SMILES string of the molecule is COc1ccc(CC(=O)N2CCC(C(=O)Nc3nccs3)CC2)cc1OC. The molecule has 3 rings (SSSR count). The van der Waals surface area contributed by atoms with E-state index in [4.69, 9.17) is 9.47 Å². The molecule has 7 nitrogen and oxygen atoms in total. The van der Waals surface area contributed by atoms with Crippen LogP contribution in [0.5, 0.6) is 11.5 Å². The summed E-state index contributed by atoms with van der Waals surface area (Å²) in [6, 6.07) is 5.50. The third-order valence-electron chi connectivity index (χ3n) is 4.68. The first-order valence-corrected chi connectivity index (χ1v) is 9.67. The average molecular weight is 389 g/mol. The van der Waals surface area contributed by atoms with Crippen LogP contribution < -0.4 is 14.8 Å². The zero-order valence-electron chi connectivity index (χ0n) is 15.4. The van der Waals surface area contributed by atoms with Crippen molar-refractivity contribution in [3.8, 4) is 11.5 Å². The Morgan fingerprint density at radius 1 is 1.22 bits per heavy atom. The standard InChI is InChI=1S/C19H23N3O4S/c1-25-15-4-3-13(11-16(15)26-2)12-17(23)22-8-5-14(6-9-22)18(24)21-19-20-7-10-27-19/h3-4,7,10-11,14H,5-6,8-9,12H2,1-2H3,(H,20,21,24). The summed E-state index contributed by atoms with van der Waals surface area (Å²) in [6.45, 7) is 1.17. The van der Waals surface area contributed by atoms with Crippen LogP contribution in [-0.4, -0.2) is 49.0 Å². The normalized spacial score (nSPS) is 14.7. The van der Waals surface area contributed by atoms with Gasteiger partial charge in [-0.2, -0.15) is 0 Å². The van der Waals surface area contributed by atoms with E-state index in [2.05, 4.69) is 10.3 Å². The van der Waals surface area contributed by atoms with Crippen molar-refractivity contribution in [3.63, 3.8) is 0 Å². The lowest BCUT2D eigenvalue weighted by Gasteiger charge is -2.31. The van der Waals surface area contributed by atoms with Crippen molar-refractivity contribution in [2.45, 2.75) is 19.3 Å². The number of amides is 2. The number of hydrogen-bond acceptors (Lipinski definition) is 6. The van der Waals surface area contributed by atoms with Crippen LogP contribution >= 0.6 is 11.3 Å². The molecule has 1 aliphatic heterocycles. The summed E-state index contributed by atoms with van der Waals surface area (Å²) in [5.41, 5.74) is 0.876. The van der Waals surface area contributed by atoms with Gasteiger partial charge in [0.05, 0.1) is 20.6 Å². The van der Waals surface area contributed by atoms with Crippen molar-refractivity contribution in [2.24, 2.45) is 5.92 Å². The number of nitrogens with one attached hydrogen (secondary N) is 1. The van der Waals surface area contributed by atoms with Crippen LogP contribution in [0.1, 0.15) is 18.4 Å². The fourth-order valence-corrected chi connectivity index (χ4v) is 3.69. The molecule has 0 spiro atoms. The summed E-state index contributed by atoms with van der Waals surface area (Å²) in [6.07, 6.45) is 3.29. The van der Waals surface area contributed by atoms with E-state index in [1.165, 1.54) is 11.3 Å². The molecule has 0 bridgehead atoms. The predicted molar refractivity (Wildman–Crippen MR) is 103 cm³/mol. The Bertz CT molecular complexity index is 786. The Labute approximate surface area is 162 Å². The van der Waals surface area contributed by atoms with E-state index in [1.807, 2.05) is 22.4 Å². The number of piperidine rings is 1. The van der Waals surface area contributed by atoms with Gasteiger partial charge in [-0.1, -0.05) is 6.07 Å². The first kappa shape index (κ1) is 19.2. The number of anilines is 1. The van der Waals surface area contributed by atoms with Crippen LogP contribution in [0.4, 0.5) is 5.13 Å². The van der Waals surface area contributed by atoms with Crippen molar-refractivity contribution >= 4 is 28.3 Å². The molecule has 1 N–H and O–H groups in total. The van der Waals surface area contributed by atoms with Crippen LogP contribution in [0.25, 0.3) is 0 Å². The molecule has 0 saturated carbocycles. The van der Waals surface area contributed by atoms with Crippen LogP contribution in [-0.2, 0) is 16.0 Å². The molecular formula is C19H23N3O4S. The van der Waals surface area contributed by atoms with Crippen molar-refractivity contribution in [3.05, 3.63) is 35.3 Å². The molecule has 8 heteroatoms. The first-order chi connectivity index (χ1) is 13.1. The molecule has 1 fully saturated rings. The minimum absolute atomic E-state index is 0.0167. The number of benzene rings is 1. The van der Waals surface area contributed by atoms with Crippen molar-refractivity contribution in [1.82, 2.24) is 9.88 Å². The van der Waals surface area contributed by atoms with Gasteiger partial charge in [-0.15, -0.1) is 11.3 Å². The minimum Gasteiger partial charge on any atom is -0.493 e. The maximum atomic E-state index is 12.6. The summed E-state index contributed by atoms with van der Waals surface area (Å²) in [5, 5.41) is 5.28. The maximum Gasteiger partial charge on any atom is 0.229 e. The number of rotatable bonds is 6. The van der Waals surface area contributed by atoms with Crippen LogP contribution in [0.3, 0.4) is 0 Å². The van der Waals surface area contributed by atoms with Gasteiger partial charge in [-0.05, 0) is 30.5 Å². The molecule has 0 unspecified atom stereocenters. The highest BCUT2D eigenvalue weighted by molar-refractivity contribution is 7.13. The third kappa shape index (κ3) is 4.77. The fourth-order valence-electron chi connectivity index (χ4n) is 3.16. The monoisotopic (exact) mass is 389 g/mol. The number of thiazole rings is 1. The number of carbonyl (C=O) groups is 2. The molecular weight excluding hydrogens is 366 g/mol. The van der Waals surface area contributed by atoms with E-state index >= 15 is 0 Å². The molecule has 2 amide bonds. The molecule has 1 aromatic carbocycles. The molecule has 2 heterocycles. The molecule has 27 heavy (non-hydrogen) atoms. The predicted octanol–water partition coefficient (Wildman–Crippen LogP) is 2.58. The Morgan fingerprint density at radius 3 is 2.59 bits per heavy atom. The Morgan fingerprint density at radius 2 is 1.96 bits per heavy atom. The largest absolute Gasteiger partial charge is 0.493 e. The van der Waals surface area contributed by atoms with Crippen molar-refractivity contribution in [2.75, 3.05) is 32.6 Å². The van der Waals surface area contributed by atoms with E-state index in [1.54, 1.807) is 26.5 Å². The second-order valence-corrected chi connectivity index (χ2v) is 7.24. The second kappa shape index (κ2) is 8.85. The molecule has 0 radical (unpaired) electrons. The molecule has 1 aromatic heterocycles. The van der Waals surface area contributed by atoms with Crippen molar-refractivity contribution in [1.29, 1.82) is 0 Å². The van der Waals surface area contributed by atoms with Gasteiger partial charge in [0.2, 0.25) is 11.8 Å². The molecule has 1 saturated heterocycles. The summed E-state index contributed by atoms with van der Waals surface area (Å²) in [5.74, 6) is 1.21. The zero-order chi connectivity index (χ0) is 19.2. The average Bonchev–Trinajstić information content (AvgIpc) is 3.21. The second-order valence-electron chi connectivity index (χ2n) is 6.35. The number of carbonyl (C=O) groups excluding carboxylic acids is 2.